The third-order valence-corrected chi connectivity index (χ3v) is 5.54. The van der Waals surface area contributed by atoms with Crippen LogP contribution in [0.4, 0.5) is 5.69 Å². The second-order valence-corrected chi connectivity index (χ2v) is 8.64. The van der Waals surface area contributed by atoms with Gasteiger partial charge in [-0.2, -0.15) is 0 Å². The highest BCUT2D eigenvalue weighted by Gasteiger charge is 2.56. The summed E-state index contributed by atoms with van der Waals surface area (Å²) in [6.45, 7) is 6.38. The van der Waals surface area contributed by atoms with Crippen LogP contribution in [0.3, 0.4) is 0 Å². The molecule has 0 aromatic heterocycles. The van der Waals surface area contributed by atoms with E-state index in [1.54, 1.807) is 0 Å². The molecule has 0 bridgehead atoms. The van der Waals surface area contributed by atoms with Gasteiger partial charge in [0, 0.05) is 11.7 Å². The highest BCUT2D eigenvalue weighted by atomic mass is 16.2. The monoisotopic (exact) mass is 342 g/mol. The van der Waals surface area contributed by atoms with Gasteiger partial charge < -0.3 is 10.6 Å². The van der Waals surface area contributed by atoms with Gasteiger partial charge in [0.05, 0.1) is 0 Å². The molecule has 2 amide bonds. The van der Waals surface area contributed by atoms with Crippen molar-refractivity contribution in [3.05, 3.63) is 29.8 Å². The number of hydrogen-bond acceptors (Lipinski definition) is 2. The summed E-state index contributed by atoms with van der Waals surface area (Å²) in [5, 5.41) is 6.17. The summed E-state index contributed by atoms with van der Waals surface area (Å²) in [5.74, 6) is -0.234. The van der Waals surface area contributed by atoms with Crippen molar-refractivity contribution in [1.82, 2.24) is 5.32 Å². The van der Waals surface area contributed by atoms with E-state index in [0.717, 1.165) is 24.1 Å². The van der Waals surface area contributed by atoms with Crippen LogP contribution in [0.5, 0.6) is 0 Å². The summed E-state index contributed by atoms with van der Waals surface area (Å²) in [5.41, 5.74) is 0.983. The molecule has 3 rings (SSSR count). The topological polar surface area (TPSA) is 58.2 Å². The Morgan fingerprint density at radius 1 is 1.00 bits per heavy atom. The zero-order valence-electron chi connectivity index (χ0n) is 15.7. The number of benzene rings is 1. The first-order valence-electron chi connectivity index (χ1n) is 9.55. The Balaban J connectivity index is 1.70. The predicted octanol–water partition coefficient (Wildman–Crippen LogP) is 4.15. The first-order valence-corrected chi connectivity index (χ1v) is 9.55. The third-order valence-electron chi connectivity index (χ3n) is 5.54. The largest absolute Gasteiger partial charge is 0.352 e. The average Bonchev–Trinajstić information content (AvgIpc) is 3.37. The first-order chi connectivity index (χ1) is 11.8. The van der Waals surface area contributed by atoms with Crippen LogP contribution >= 0.6 is 0 Å². The Morgan fingerprint density at radius 3 is 2.24 bits per heavy atom. The second-order valence-electron chi connectivity index (χ2n) is 8.64. The fraction of sp³-hybridized carbons (Fsp3) is 0.619. The molecule has 0 heterocycles. The molecule has 0 spiro atoms. The molecule has 0 unspecified atom stereocenters. The fourth-order valence-electron chi connectivity index (χ4n) is 3.74. The van der Waals surface area contributed by atoms with Crippen LogP contribution in [-0.4, -0.2) is 17.9 Å². The van der Waals surface area contributed by atoms with E-state index in [2.05, 4.69) is 31.4 Å². The lowest BCUT2D eigenvalue weighted by Gasteiger charge is -2.26. The molecule has 2 aliphatic rings. The number of hydrogen-bond donors (Lipinski definition) is 2. The number of amides is 2. The van der Waals surface area contributed by atoms with Crippen molar-refractivity contribution in [2.45, 2.75) is 77.2 Å². The minimum absolute atomic E-state index is 0.0645. The van der Waals surface area contributed by atoms with E-state index in [9.17, 15) is 9.59 Å². The smallest absolute Gasteiger partial charge is 0.240 e. The van der Waals surface area contributed by atoms with Gasteiger partial charge in [0.1, 0.15) is 5.41 Å². The maximum Gasteiger partial charge on any atom is 0.240 e. The number of carbonyl (C=O) groups is 2. The van der Waals surface area contributed by atoms with Crippen molar-refractivity contribution in [2.75, 3.05) is 5.32 Å². The molecule has 0 saturated heterocycles. The SMILES string of the molecule is CC(C)(C)c1ccccc1NC(=O)C1(C(=O)NC2CCCCC2)CC1. The molecule has 136 valence electrons. The van der Waals surface area contributed by atoms with Gasteiger partial charge in [-0.3, -0.25) is 9.59 Å². The summed E-state index contributed by atoms with van der Waals surface area (Å²) in [6.07, 6.45) is 6.96. The Morgan fingerprint density at radius 2 is 1.64 bits per heavy atom. The van der Waals surface area contributed by atoms with Crippen LogP contribution in [0.2, 0.25) is 0 Å². The van der Waals surface area contributed by atoms with E-state index in [-0.39, 0.29) is 23.3 Å². The number of nitrogens with one attached hydrogen (secondary N) is 2. The molecule has 0 aliphatic heterocycles. The van der Waals surface area contributed by atoms with Crippen molar-refractivity contribution in [3.8, 4) is 0 Å². The second kappa shape index (κ2) is 6.81. The Kier molecular flexibility index (Phi) is 4.90. The van der Waals surface area contributed by atoms with E-state index >= 15 is 0 Å². The van der Waals surface area contributed by atoms with Gasteiger partial charge in [-0.1, -0.05) is 58.2 Å². The van der Waals surface area contributed by atoms with Gasteiger partial charge in [-0.05, 0) is 42.7 Å². The summed E-state index contributed by atoms with van der Waals surface area (Å²) >= 11 is 0. The fourth-order valence-corrected chi connectivity index (χ4v) is 3.74. The predicted molar refractivity (Wildman–Crippen MR) is 100 cm³/mol. The van der Waals surface area contributed by atoms with Crippen molar-refractivity contribution >= 4 is 17.5 Å². The molecule has 1 aromatic rings. The maximum absolute atomic E-state index is 12.9. The van der Waals surface area contributed by atoms with Crippen molar-refractivity contribution in [3.63, 3.8) is 0 Å². The summed E-state index contributed by atoms with van der Waals surface area (Å²) in [6, 6.07) is 8.12. The maximum atomic E-state index is 12.9. The van der Waals surface area contributed by atoms with Crippen LogP contribution in [0.15, 0.2) is 24.3 Å². The molecule has 0 radical (unpaired) electrons. The third kappa shape index (κ3) is 3.88. The standard InChI is InChI=1S/C21H30N2O2/c1-20(2,3)16-11-7-8-12-17(16)23-19(25)21(13-14-21)18(24)22-15-9-5-4-6-10-15/h7-8,11-12,15H,4-6,9-10,13-14H2,1-3H3,(H,22,24)(H,23,25). The van der Waals surface area contributed by atoms with E-state index in [0.29, 0.717) is 12.8 Å². The summed E-state index contributed by atoms with van der Waals surface area (Å²) in [7, 11) is 0. The zero-order valence-corrected chi connectivity index (χ0v) is 15.7. The molecule has 4 nitrogen and oxygen atoms in total. The van der Waals surface area contributed by atoms with Crippen LogP contribution in [0, 0.1) is 5.41 Å². The number of carbonyl (C=O) groups excluding carboxylic acids is 2. The van der Waals surface area contributed by atoms with Gasteiger partial charge in [0.15, 0.2) is 0 Å². The normalized spacial score (nSPS) is 20.0. The molecule has 25 heavy (non-hydrogen) atoms. The van der Waals surface area contributed by atoms with Crippen LogP contribution in [0.1, 0.15) is 71.3 Å². The molecule has 2 fully saturated rings. The van der Waals surface area contributed by atoms with Gasteiger partial charge >= 0.3 is 0 Å². The minimum Gasteiger partial charge on any atom is -0.352 e. The summed E-state index contributed by atoms with van der Waals surface area (Å²) < 4.78 is 0. The Hall–Kier alpha value is -1.84. The van der Waals surface area contributed by atoms with Crippen molar-refractivity contribution in [1.29, 1.82) is 0 Å². The van der Waals surface area contributed by atoms with Crippen LogP contribution in [-0.2, 0) is 15.0 Å². The molecular weight excluding hydrogens is 312 g/mol. The molecule has 1 aromatic carbocycles. The number of anilines is 1. The number of rotatable bonds is 4. The minimum atomic E-state index is -0.859. The number of para-hydroxylation sites is 1. The van der Waals surface area contributed by atoms with Gasteiger partial charge in [-0.25, -0.2) is 0 Å². The molecule has 2 aliphatic carbocycles. The van der Waals surface area contributed by atoms with Gasteiger partial charge in [0.25, 0.3) is 0 Å². The highest BCUT2D eigenvalue weighted by molar-refractivity contribution is 6.13. The molecule has 2 N–H and O–H groups in total. The summed E-state index contributed by atoms with van der Waals surface area (Å²) in [4.78, 5) is 25.6. The van der Waals surface area contributed by atoms with Crippen molar-refractivity contribution < 1.29 is 9.59 Å². The van der Waals surface area contributed by atoms with Gasteiger partial charge in [0.2, 0.25) is 11.8 Å². The lowest BCUT2D eigenvalue weighted by atomic mass is 9.85. The average molecular weight is 342 g/mol. The highest BCUT2D eigenvalue weighted by Crippen LogP contribution is 2.47. The van der Waals surface area contributed by atoms with E-state index in [1.807, 2.05) is 24.3 Å². The lowest BCUT2D eigenvalue weighted by Crippen LogP contribution is -2.45. The molecule has 4 heteroatoms. The molecule has 2 saturated carbocycles. The quantitative estimate of drug-likeness (QED) is 0.808. The van der Waals surface area contributed by atoms with E-state index < -0.39 is 5.41 Å². The van der Waals surface area contributed by atoms with Crippen LogP contribution in [0.25, 0.3) is 0 Å². The first kappa shape index (κ1) is 18.0. The van der Waals surface area contributed by atoms with Crippen LogP contribution < -0.4 is 10.6 Å². The molecule has 0 atom stereocenters. The lowest BCUT2D eigenvalue weighted by molar-refractivity contribution is -0.135. The van der Waals surface area contributed by atoms with E-state index in [1.165, 1.54) is 19.3 Å². The Bertz CT molecular complexity index is 650. The van der Waals surface area contributed by atoms with Crippen molar-refractivity contribution in [2.24, 2.45) is 5.41 Å². The molecular formula is C21H30N2O2. The van der Waals surface area contributed by atoms with Gasteiger partial charge in [-0.15, -0.1) is 0 Å². The Labute approximate surface area is 150 Å². The van der Waals surface area contributed by atoms with E-state index in [4.69, 9.17) is 0 Å². The zero-order chi connectivity index (χ0) is 18.1.